The standard InChI is InChI=1S/C19H31N9O7/c1-9(15(31)28-13(18(34)35)6-14(29)30)26-17(33)12(5-10-7-23-8-25-10)27-16(32)11(20)3-2-4-24-19(21)22/h7-9,11-13H,2-6,20H2,1H3,(H,23,25)(H,26,33)(H,27,32)(H,28,31)(H,29,30)(H,34,35)(H4,21,22,24). The summed E-state index contributed by atoms with van der Waals surface area (Å²) in [7, 11) is 0. The predicted octanol–water partition coefficient (Wildman–Crippen LogP) is -3.63. The van der Waals surface area contributed by atoms with Crippen molar-refractivity contribution >= 4 is 35.6 Å². The van der Waals surface area contributed by atoms with Crippen LogP contribution in [0.1, 0.15) is 31.9 Å². The topological polar surface area (TPSA) is 281 Å². The Balaban J connectivity index is 2.80. The lowest BCUT2D eigenvalue weighted by atomic mass is 10.1. The van der Waals surface area contributed by atoms with Crippen LogP contribution in [0.5, 0.6) is 0 Å². The molecule has 194 valence electrons. The zero-order chi connectivity index (χ0) is 26.5. The fourth-order valence-corrected chi connectivity index (χ4v) is 2.81. The Hall–Kier alpha value is -4.21. The number of aliphatic imine (C=N–C) groups is 1. The van der Waals surface area contributed by atoms with Crippen molar-refractivity contribution in [2.24, 2.45) is 22.2 Å². The highest BCUT2D eigenvalue weighted by atomic mass is 16.4. The Morgan fingerprint density at radius 2 is 1.71 bits per heavy atom. The van der Waals surface area contributed by atoms with E-state index in [0.717, 1.165) is 0 Å². The van der Waals surface area contributed by atoms with Crippen molar-refractivity contribution in [3.05, 3.63) is 18.2 Å². The number of carboxylic acid groups (broad SMARTS) is 2. The third-order valence-electron chi connectivity index (χ3n) is 4.66. The highest BCUT2D eigenvalue weighted by Gasteiger charge is 2.29. The Bertz CT molecular complexity index is 916. The van der Waals surface area contributed by atoms with E-state index in [0.29, 0.717) is 12.1 Å². The molecule has 3 amide bonds. The molecule has 0 spiro atoms. The average molecular weight is 498 g/mol. The van der Waals surface area contributed by atoms with Gasteiger partial charge in [0.1, 0.15) is 18.1 Å². The summed E-state index contributed by atoms with van der Waals surface area (Å²) in [6.45, 7) is 1.55. The fraction of sp³-hybridized carbons (Fsp3) is 0.526. The van der Waals surface area contributed by atoms with Gasteiger partial charge >= 0.3 is 11.9 Å². The summed E-state index contributed by atoms with van der Waals surface area (Å²) in [6, 6.07) is -5.05. The quantitative estimate of drug-likeness (QED) is 0.0647. The number of carbonyl (C=O) groups excluding carboxylic acids is 3. The number of guanidine groups is 1. The van der Waals surface area contributed by atoms with Gasteiger partial charge in [-0.25, -0.2) is 9.78 Å². The summed E-state index contributed by atoms with van der Waals surface area (Å²) >= 11 is 0. The molecule has 1 rings (SSSR count). The zero-order valence-electron chi connectivity index (χ0n) is 19.1. The van der Waals surface area contributed by atoms with Crippen molar-refractivity contribution in [1.82, 2.24) is 25.9 Å². The van der Waals surface area contributed by atoms with Gasteiger partial charge in [-0.3, -0.25) is 24.2 Å². The molecule has 16 heteroatoms. The summed E-state index contributed by atoms with van der Waals surface area (Å²) in [5.74, 6) is -5.36. The molecule has 0 bridgehead atoms. The second-order valence-electron chi connectivity index (χ2n) is 7.63. The fourth-order valence-electron chi connectivity index (χ4n) is 2.81. The van der Waals surface area contributed by atoms with E-state index in [2.05, 4.69) is 25.6 Å². The number of imidazole rings is 1. The van der Waals surface area contributed by atoms with Crippen LogP contribution >= 0.6 is 0 Å². The SMILES string of the molecule is CC(NC(=O)C(Cc1cnc[nH]1)NC(=O)C(N)CCCN=C(N)N)C(=O)NC(CC(=O)O)C(=O)O. The molecule has 35 heavy (non-hydrogen) atoms. The van der Waals surface area contributed by atoms with Crippen LogP contribution in [0.25, 0.3) is 0 Å². The van der Waals surface area contributed by atoms with Crippen LogP contribution in [0.2, 0.25) is 0 Å². The molecule has 0 aliphatic rings. The highest BCUT2D eigenvalue weighted by Crippen LogP contribution is 2.03. The molecule has 16 nitrogen and oxygen atoms in total. The van der Waals surface area contributed by atoms with Gasteiger partial charge in [0.05, 0.1) is 18.8 Å². The minimum Gasteiger partial charge on any atom is -0.481 e. The number of aromatic amines is 1. The Labute approximate surface area is 200 Å². The lowest BCUT2D eigenvalue weighted by molar-refractivity contribution is -0.147. The maximum Gasteiger partial charge on any atom is 0.326 e. The van der Waals surface area contributed by atoms with Crippen LogP contribution in [-0.2, 0) is 30.4 Å². The second kappa shape index (κ2) is 14.1. The average Bonchev–Trinajstić information content (AvgIpc) is 3.27. The molecule has 0 aliphatic heterocycles. The van der Waals surface area contributed by atoms with Gasteiger partial charge in [-0.2, -0.15) is 0 Å². The van der Waals surface area contributed by atoms with E-state index >= 15 is 0 Å². The molecule has 1 aromatic rings. The monoisotopic (exact) mass is 497 g/mol. The lowest BCUT2D eigenvalue weighted by Gasteiger charge is -2.23. The largest absolute Gasteiger partial charge is 0.481 e. The molecule has 0 fully saturated rings. The van der Waals surface area contributed by atoms with Crippen molar-refractivity contribution in [2.75, 3.05) is 6.54 Å². The van der Waals surface area contributed by atoms with Crippen LogP contribution in [0.4, 0.5) is 0 Å². The van der Waals surface area contributed by atoms with E-state index in [4.69, 9.17) is 27.4 Å². The molecule has 12 N–H and O–H groups in total. The maximum atomic E-state index is 12.8. The van der Waals surface area contributed by atoms with Crippen molar-refractivity contribution < 1.29 is 34.2 Å². The number of nitrogens with zero attached hydrogens (tertiary/aromatic N) is 2. The molecule has 0 aliphatic carbocycles. The Kier molecular flexibility index (Phi) is 11.6. The highest BCUT2D eigenvalue weighted by molar-refractivity contribution is 5.94. The minimum absolute atomic E-state index is 0.0105. The van der Waals surface area contributed by atoms with Gasteiger partial charge in [0.2, 0.25) is 17.7 Å². The van der Waals surface area contributed by atoms with Crippen LogP contribution in [0, 0.1) is 0 Å². The molecule has 0 saturated carbocycles. The van der Waals surface area contributed by atoms with Crippen molar-refractivity contribution in [2.45, 2.75) is 56.8 Å². The van der Waals surface area contributed by atoms with Gasteiger partial charge in [0.15, 0.2) is 5.96 Å². The van der Waals surface area contributed by atoms with E-state index in [1.54, 1.807) is 0 Å². The first-order valence-corrected chi connectivity index (χ1v) is 10.5. The zero-order valence-corrected chi connectivity index (χ0v) is 19.1. The Morgan fingerprint density at radius 3 is 2.26 bits per heavy atom. The minimum atomic E-state index is -1.68. The van der Waals surface area contributed by atoms with Crippen LogP contribution in [0.15, 0.2) is 17.5 Å². The number of amides is 3. The van der Waals surface area contributed by atoms with E-state index in [1.807, 2.05) is 5.32 Å². The number of rotatable bonds is 15. The molecular weight excluding hydrogens is 466 g/mol. The number of H-pyrrole nitrogens is 1. The first-order valence-electron chi connectivity index (χ1n) is 10.5. The third kappa shape index (κ3) is 11.0. The Morgan fingerprint density at radius 1 is 1.06 bits per heavy atom. The maximum absolute atomic E-state index is 12.8. The molecule has 1 aromatic heterocycles. The summed E-state index contributed by atoms with van der Waals surface area (Å²) in [5, 5.41) is 24.8. The van der Waals surface area contributed by atoms with Crippen LogP contribution in [0.3, 0.4) is 0 Å². The van der Waals surface area contributed by atoms with Gasteiger partial charge in [0.25, 0.3) is 0 Å². The number of hydrogen-bond donors (Lipinski definition) is 9. The van der Waals surface area contributed by atoms with Gasteiger partial charge < -0.3 is 48.3 Å². The molecule has 4 atom stereocenters. The number of carbonyl (C=O) groups is 5. The molecule has 0 aromatic carbocycles. The summed E-state index contributed by atoms with van der Waals surface area (Å²) < 4.78 is 0. The van der Waals surface area contributed by atoms with Crippen molar-refractivity contribution in [1.29, 1.82) is 0 Å². The molecular formula is C19H31N9O7. The van der Waals surface area contributed by atoms with Crippen molar-refractivity contribution in [3.8, 4) is 0 Å². The predicted molar refractivity (Wildman–Crippen MR) is 122 cm³/mol. The van der Waals surface area contributed by atoms with E-state index < -0.39 is 60.2 Å². The van der Waals surface area contributed by atoms with Crippen LogP contribution in [-0.4, -0.2) is 86.5 Å². The molecule has 1 heterocycles. The van der Waals surface area contributed by atoms with Gasteiger partial charge in [0, 0.05) is 24.9 Å². The number of nitrogens with two attached hydrogens (primary N) is 3. The first kappa shape index (κ1) is 28.8. The number of aromatic nitrogens is 2. The second-order valence-corrected chi connectivity index (χ2v) is 7.63. The van der Waals surface area contributed by atoms with Crippen molar-refractivity contribution in [3.63, 3.8) is 0 Å². The number of hydrogen-bond acceptors (Lipinski definition) is 8. The van der Waals surface area contributed by atoms with E-state index in [9.17, 15) is 24.0 Å². The number of aliphatic carboxylic acids is 2. The summed E-state index contributed by atoms with van der Waals surface area (Å²) in [6.07, 6.45) is 2.63. The van der Waals surface area contributed by atoms with E-state index in [1.165, 1.54) is 19.4 Å². The normalized spacial score (nSPS) is 14.0. The first-order chi connectivity index (χ1) is 16.4. The summed E-state index contributed by atoms with van der Waals surface area (Å²) in [5.41, 5.74) is 16.9. The molecule has 0 radical (unpaired) electrons. The van der Waals surface area contributed by atoms with Gasteiger partial charge in [-0.1, -0.05) is 0 Å². The summed E-state index contributed by atoms with van der Waals surface area (Å²) in [4.78, 5) is 70.1. The van der Waals surface area contributed by atoms with Crippen LogP contribution < -0.4 is 33.2 Å². The van der Waals surface area contributed by atoms with E-state index in [-0.39, 0.29) is 25.3 Å². The number of nitrogens with one attached hydrogen (secondary N) is 4. The number of carboxylic acids is 2. The van der Waals surface area contributed by atoms with Gasteiger partial charge in [-0.15, -0.1) is 0 Å². The molecule has 4 unspecified atom stereocenters. The molecule has 0 saturated heterocycles. The lowest BCUT2D eigenvalue weighted by Crippen LogP contribution is -2.57. The smallest absolute Gasteiger partial charge is 0.326 e. The van der Waals surface area contributed by atoms with Gasteiger partial charge in [-0.05, 0) is 19.8 Å². The third-order valence-corrected chi connectivity index (χ3v) is 4.66.